The van der Waals surface area contributed by atoms with E-state index in [1.165, 1.54) is 6.07 Å². The Hall–Kier alpha value is -3.40. The molecule has 1 aliphatic heterocycles. The predicted octanol–water partition coefficient (Wildman–Crippen LogP) is 5.75. The van der Waals surface area contributed by atoms with Crippen molar-refractivity contribution >= 4 is 11.4 Å². The lowest BCUT2D eigenvalue weighted by Crippen LogP contribution is -2.12. The highest BCUT2D eigenvalue weighted by atomic mass is 19.1. The first-order valence-electron chi connectivity index (χ1n) is 9.66. The van der Waals surface area contributed by atoms with Gasteiger partial charge in [0.1, 0.15) is 5.82 Å². The number of carbonyl (C=O) groups excluding carboxylic acids is 1. The minimum Gasteiger partial charge on any atom is -0.454 e. The summed E-state index contributed by atoms with van der Waals surface area (Å²) >= 11 is 0. The maximum Gasteiger partial charge on any atom is 0.231 e. The van der Waals surface area contributed by atoms with E-state index < -0.39 is 0 Å². The Bertz CT molecular complexity index is 1120. The van der Waals surface area contributed by atoms with Crippen LogP contribution in [0.15, 0.2) is 72.8 Å². The van der Waals surface area contributed by atoms with Gasteiger partial charge in [-0.1, -0.05) is 48.5 Å². The second-order valence-electron chi connectivity index (χ2n) is 7.41. The summed E-state index contributed by atoms with van der Waals surface area (Å²) in [6, 6.07) is 20.5. The molecular formula is C25H19FO3. The smallest absolute Gasteiger partial charge is 0.231 e. The molecule has 0 saturated heterocycles. The summed E-state index contributed by atoms with van der Waals surface area (Å²) < 4.78 is 25.7. The van der Waals surface area contributed by atoms with E-state index in [2.05, 4.69) is 0 Å². The van der Waals surface area contributed by atoms with Crippen molar-refractivity contribution < 1.29 is 18.7 Å². The third-order valence-electron chi connectivity index (χ3n) is 5.54. The van der Waals surface area contributed by atoms with Crippen LogP contribution in [0, 0.1) is 5.82 Å². The molecule has 0 saturated carbocycles. The zero-order chi connectivity index (χ0) is 19.8. The van der Waals surface area contributed by atoms with Crippen molar-refractivity contribution in [2.75, 3.05) is 6.79 Å². The fraction of sp³-hybridized carbons (Fsp3) is 0.160. The van der Waals surface area contributed by atoms with Crippen molar-refractivity contribution in [3.8, 4) is 22.6 Å². The van der Waals surface area contributed by atoms with E-state index in [4.69, 9.17) is 9.47 Å². The minimum atomic E-state index is -0.285. The van der Waals surface area contributed by atoms with E-state index in [1.807, 2.05) is 54.6 Å². The highest BCUT2D eigenvalue weighted by Gasteiger charge is 2.25. The molecule has 0 fully saturated rings. The second kappa shape index (κ2) is 7.21. The average molecular weight is 386 g/mol. The van der Waals surface area contributed by atoms with Crippen molar-refractivity contribution in [2.45, 2.75) is 18.8 Å². The molecule has 3 nitrogen and oxygen atoms in total. The summed E-state index contributed by atoms with van der Waals surface area (Å²) in [5.41, 5.74) is 4.05. The quantitative estimate of drug-likeness (QED) is 0.575. The van der Waals surface area contributed by atoms with Crippen molar-refractivity contribution in [2.24, 2.45) is 0 Å². The molecule has 3 aromatic rings. The largest absolute Gasteiger partial charge is 0.454 e. The van der Waals surface area contributed by atoms with Gasteiger partial charge in [-0.3, -0.25) is 4.79 Å². The summed E-state index contributed by atoms with van der Waals surface area (Å²) in [5.74, 6) is 1.25. The lowest BCUT2D eigenvalue weighted by molar-refractivity contribution is -0.115. The van der Waals surface area contributed by atoms with Crippen molar-refractivity contribution in [3.05, 3.63) is 89.8 Å². The monoisotopic (exact) mass is 386 g/mol. The highest BCUT2D eigenvalue weighted by Crippen LogP contribution is 2.41. The third-order valence-corrected chi connectivity index (χ3v) is 5.54. The second-order valence-corrected chi connectivity index (χ2v) is 7.41. The minimum absolute atomic E-state index is 0.0360. The normalized spacial score (nSPS) is 17.9. The number of halogens is 1. The van der Waals surface area contributed by atoms with E-state index in [0.29, 0.717) is 24.2 Å². The Morgan fingerprint density at radius 1 is 0.828 bits per heavy atom. The zero-order valence-corrected chi connectivity index (χ0v) is 15.7. The van der Waals surface area contributed by atoms with Gasteiger partial charge in [-0.2, -0.15) is 0 Å². The maximum absolute atomic E-state index is 14.8. The van der Waals surface area contributed by atoms with Crippen LogP contribution >= 0.6 is 0 Å². The van der Waals surface area contributed by atoms with Crippen molar-refractivity contribution in [1.82, 2.24) is 0 Å². The number of fused-ring (bicyclic) bond motifs is 1. The van der Waals surface area contributed by atoms with E-state index >= 15 is 0 Å². The first-order valence-corrected chi connectivity index (χ1v) is 9.66. The van der Waals surface area contributed by atoms with Gasteiger partial charge >= 0.3 is 0 Å². The first kappa shape index (κ1) is 17.7. The van der Waals surface area contributed by atoms with E-state index in [0.717, 1.165) is 28.0 Å². The summed E-state index contributed by atoms with van der Waals surface area (Å²) in [5, 5.41) is 0. The average Bonchev–Trinajstić information content (AvgIpc) is 3.22. The molecule has 4 heteroatoms. The van der Waals surface area contributed by atoms with Gasteiger partial charge < -0.3 is 9.47 Å². The van der Waals surface area contributed by atoms with Crippen LogP contribution in [-0.4, -0.2) is 12.6 Å². The molecule has 0 bridgehead atoms. The Morgan fingerprint density at radius 2 is 1.66 bits per heavy atom. The number of rotatable bonds is 3. The lowest BCUT2D eigenvalue weighted by Gasteiger charge is -2.23. The number of carbonyl (C=O) groups is 1. The lowest BCUT2D eigenvalue weighted by atomic mass is 9.80. The van der Waals surface area contributed by atoms with Crippen molar-refractivity contribution in [3.63, 3.8) is 0 Å². The SMILES string of the molecule is O=C1C=C(c2ccc(-c3ccccc3)c(F)c2)C[C@@H](c2ccc3c(c2)OCO3)C1. The van der Waals surface area contributed by atoms with Gasteiger partial charge in [-0.15, -0.1) is 0 Å². The maximum atomic E-state index is 14.8. The van der Waals surface area contributed by atoms with Crippen LogP contribution in [0.3, 0.4) is 0 Å². The van der Waals surface area contributed by atoms with E-state index in [1.54, 1.807) is 12.1 Å². The van der Waals surface area contributed by atoms with Crippen LogP contribution < -0.4 is 9.47 Å². The Kier molecular flexibility index (Phi) is 4.39. The molecule has 2 aliphatic rings. The van der Waals surface area contributed by atoms with E-state index in [9.17, 15) is 9.18 Å². The number of hydrogen-bond acceptors (Lipinski definition) is 3. The molecule has 0 N–H and O–H groups in total. The number of ether oxygens (including phenoxy) is 2. The van der Waals surface area contributed by atoms with Crippen LogP contribution in [0.4, 0.5) is 4.39 Å². The van der Waals surface area contributed by atoms with Crippen LogP contribution in [-0.2, 0) is 4.79 Å². The molecule has 144 valence electrons. The molecule has 3 aromatic carbocycles. The first-order chi connectivity index (χ1) is 14.2. The molecular weight excluding hydrogens is 367 g/mol. The van der Waals surface area contributed by atoms with E-state index in [-0.39, 0.29) is 24.3 Å². The van der Waals surface area contributed by atoms with Crippen LogP contribution in [0.1, 0.15) is 29.9 Å². The summed E-state index contributed by atoms with van der Waals surface area (Å²) in [4.78, 5) is 12.4. The fourth-order valence-electron chi connectivity index (χ4n) is 4.06. The molecule has 5 rings (SSSR count). The van der Waals surface area contributed by atoms with Gasteiger partial charge in [0.25, 0.3) is 0 Å². The molecule has 29 heavy (non-hydrogen) atoms. The molecule has 0 aromatic heterocycles. The Balaban J connectivity index is 1.44. The predicted molar refractivity (Wildman–Crippen MR) is 109 cm³/mol. The molecule has 0 spiro atoms. The van der Waals surface area contributed by atoms with Gasteiger partial charge in [0, 0.05) is 12.0 Å². The zero-order valence-electron chi connectivity index (χ0n) is 15.7. The molecule has 0 amide bonds. The van der Waals surface area contributed by atoms with Gasteiger partial charge in [-0.05, 0) is 58.9 Å². The summed E-state index contributed by atoms with van der Waals surface area (Å²) in [6.45, 7) is 0.223. The topological polar surface area (TPSA) is 35.5 Å². The third kappa shape index (κ3) is 3.42. The molecule has 0 radical (unpaired) electrons. The summed E-state index contributed by atoms with van der Waals surface area (Å²) in [7, 11) is 0. The number of benzene rings is 3. The van der Waals surface area contributed by atoms with Crippen LogP contribution in [0.25, 0.3) is 16.7 Å². The number of ketones is 1. The van der Waals surface area contributed by atoms with Gasteiger partial charge in [0.2, 0.25) is 6.79 Å². The number of hydrogen-bond donors (Lipinski definition) is 0. The van der Waals surface area contributed by atoms with Crippen molar-refractivity contribution in [1.29, 1.82) is 0 Å². The van der Waals surface area contributed by atoms with Gasteiger partial charge in [0.15, 0.2) is 17.3 Å². The Labute approximate surface area is 168 Å². The highest BCUT2D eigenvalue weighted by molar-refractivity contribution is 5.99. The molecule has 0 unspecified atom stereocenters. The molecule has 1 atom stereocenters. The van der Waals surface area contributed by atoms with Gasteiger partial charge in [0.05, 0.1) is 0 Å². The molecule has 1 aliphatic carbocycles. The van der Waals surface area contributed by atoms with Crippen LogP contribution in [0.5, 0.6) is 11.5 Å². The number of allylic oxidation sites excluding steroid dienone is 2. The van der Waals surface area contributed by atoms with Crippen LogP contribution in [0.2, 0.25) is 0 Å². The van der Waals surface area contributed by atoms with Gasteiger partial charge in [-0.25, -0.2) is 4.39 Å². The fourth-order valence-corrected chi connectivity index (χ4v) is 4.06. The summed E-state index contributed by atoms with van der Waals surface area (Å²) in [6.07, 6.45) is 2.77. The molecule has 1 heterocycles. The Morgan fingerprint density at radius 3 is 2.48 bits per heavy atom. The standard InChI is InChI=1S/C25H19FO3/c26-23-13-17(6-8-22(23)16-4-2-1-3-5-16)19-10-20(12-21(27)11-19)18-7-9-24-25(14-18)29-15-28-24/h1-9,11,13-14,20H,10,12,15H2/t20-/m1/s1.